The molecule has 0 bridgehead atoms. The summed E-state index contributed by atoms with van der Waals surface area (Å²) in [4.78, 5) is 19.5. The van der Waals surface area contributed by atoms with E-state index < -0.39 is 0 Å². The molecule has 94 valence electrons. The van der Waals surface area contributed by atoms with Crippen molar-refractivity contribution in [3.05, 3.63) is 35.9 Å². The van der Waals surface area contributed by atoms with Gasteiger partial charge in [-0.1, -0.05) is 11.8 Å². The minimum atomic E-state index is -0.352. The molecule has 0 atom stereocenters. The van der Waals surface area contributed by atoms with Gasteiger partial charge < -0.3 is 0 Å². The first-order chi connectivity index (χ1) is 8.70. The number of hydrogen-bond acceptors (Lipinski definition) is 6. The Labute approximate surface area is 108 Å². The molecule has 3 N–H and O–H groups in total. The van der Waals surface area contributed by atoms with E-state index in [9.17, 15) is 4.79 Å². The average molecular weight is 264 g/mol. The third-order valence-corrected chi connectivity index (χ3v) is 3.30. The normalized spacial score (nSPS) is 10.3. The lowest BCUT2D eigenvalue weighted by atomic mass is 10.2. The van der Waals surface area contributed by atoms with Gasteiger partial charge in [-0.15, -0.1) is 0 Å². The van der Waals surface area contributed by atoms with Crippen molar-refractivity contribution in [1.82, 2.24) is 25.2 Å². The lowest BCUT2D eigenvalue weighted by Crippen LogP contribution is -2.30. The average Bonchev–Trinajstić information content (AvgIpc) is 2.81. The van der Waals surface area contributed by atoms with E-state index in [0.29, 0.717) is 11.3 Å². The van der Waals surface area contributed by atoms with Gasteiger partial charge in [-0.25, -0.2) is 15.5 Å². The van der Waals surface area contributed by atoms with E-state index in [1.807, 2.05) is 7.05 Å². The predicted octanol–water partition coefficient (Wildman–Crippen LogP) is 0.106. The molecule has 0 aliphatic carbocycles. The van der Waals surface area contributed by atoms with Crippen LogP contribution in [0.4, 0.5) is 0 Å². The van der Waals surface area contributed by atoms with Gasteiger partial charge in [0.05, 0.1) is 11.3 Å². The second kappa shape index (κ2) is 5.61. The van der Waals surface area contributed by atoms with E-state index in [1.165, 1.54) is 24.3 Å². The van der Waals surface area contributed by atoms with Gasteiger partial charge in [0.2, 0.25) is 0 Å². The number of hydrogen-bond donors (Lipinski definition) is 2. The van der Waals surface area contributed by atoms with Crippen LogP contribution in [0.5, 0.6) is 0 Å². The third-order valence-electron chi connectivity index (χ3n) is 2.24. The van der Waals surface area contributed by atoms with Crippen LogP contribution in [0.2, 0.25) is 0 Å². The van der Waals surface area contributed by atoms with Crippen molar-refractivity contribution < 1.29 is 4.79 Å². The second-order valence-electron chi connectivity index (χ2n) is 3.47. The standard InChI is InChI=1S/C10H12N6OS/c1-16-10(13-6-14-16)18-5-8-3-2-7(4-12-8)9(17)15-11/h2-4,6H,5,11H2,1H3,(H,15,17). The van der Waals surface area contributed by atoms with Gasteiger partial charge in [0.1, 0.15) is 6.33 Å². The zero-order chi connectivity index (χ0) is 13.0. The summed E-state index contributed by atoms with van der Waals surface area (Å²) in [5.74, 6) is 5.34. The SMILES string of the molecule is Cn1ncnc1SCc1ccc(C(=O)NN)cn1. The number of carbonyl (C=O) groups is 1. The molecular weight excluding hydrogens is 252 g/mol. The Morgan fingerprint density at radius 1 is 1.50 bits per heavy atom. The van der Waals surface area contributed by atoms with Crippen LogP contribution in [0, 0.1) is 0 Å². The van der Waals surface area contributed by atoms with Gasteiger partial charge >= 0.3 is 0 Å². The minimum absolute atomic E-state index is 0.352. The summed E-state index contributed by atoms with van der Waals surface area (Å²) < 4.78 is 1.70. The molecule has 0 fully saturated rings. The van der Waals surface area contributed by atoms with Crippen LogP contribution in [0.1, 0.15) is 16.1 Å². The highest BCUT2D eigenvalue weighted by molar-refractivity contribution is 7.98. The summed E-state index contributed by atoms with van der Waals surface area (Å²) in [5, 5.41) is 4.79. The van der Waals surface area contributed by atoms with Gasteiger partial charge in [-0.05, 0) is 12.1 Å². The molecule has 0 spiro atoms. The molecule has 2 aromatic heterocycles. The highest BCUT2D eigenvalue weighted by atomic mass is 32.2. The van der Waals surface area contributed by atoms with Crippen molar-refractivity contribution in [1.29, 1.82) is 0 Å². The number of carbonyl (C=O) groups excluding carboxylic acids is 1. The molecule has 7 nitrogen and oxygen atoms in total. The van der Waals surface area contributed by atoms with Gasteiger partial charge in [0.25, 0.3) is 5.91 Å². The number of nitrogen functional groups attached to an aromatic ring is 1. The van der Waals surface area contributed by atoms with Crippen molar-refractivity contribution in [2.75, 3.05) is 0 Å². The van der Waals surface area contributed by atoms with Crippen LogP contribution in [0.3, 0.4) is 0 Å². The van der Waals surface area contributed by atoms with Crippen molar-refractivity contribution >= 4 is 17.7 Å². The number of pyridine rings is 1. The fraction of sp³-hybridized carbons (Fsp3) is 0.200. The Morgan fingerprint density at radius 3 is 2.89 bits per heavy atom. The fourth-order valence-corrected chi connectivity index (χ4v) is 2.09. The Kier molecular flexibility index (Phi) is 3.90. The summed E-state index contributed by atoms with van der Waals surface area (Å²) in [6, 6.07) is 3.47. The highest BCUT2D eigenvalue weighted by Gasteiger charge is 2.05. The summed E-state index contributed by atoms with van der Waals surface area (Å²) in [7, 11) is 1.83. The molecule has 1 amide bonds. The largest absolute Gasteiger partial charge is 0.290 e. The van der Waals surface area contributed by atoms with Crippen LogP contribution in [-0.4, -0.2) is 25.7 Å². The summed E-state index contributed by atoms with van der Waals surface area (Å²) in [6.07, 6.45) is 3.00. The van der Waals surface area contributed by atoms with Crippen molar-refractivity contribution in [2.24, 2.45) is 12.9 Å². The monoisotopic (exact) mass is 264 g/mol. The smallest absolute Gasteiger partial charge is 0.266 e. The van der Waals surface area contributed by atoms with E-state index in [1.54, 1.807) is 16.8 Å². The maximum Gasteiger partial charge on any atom is 0.266 e. The number of rotatable bonds is 4. The van der Waals surface area contributed by atoms with Crippen LogP contribution < -0.4 is 11.3 Å². The van der Waals surface area contributed by atoms with Crippen molar-refractivity contribution in [3.8, 4) is 0 Å². The number of nitrogens with zero attached hydrogens (tertiary/aromatic N) is 4. The molecule has 2 heterocycles. The predicted molar refractivity (Wildman–Crippen MR) is 66.5 cm³/mol. The molecule has 2 rings (SSSR count). The molecule has 0 unspecified atom stereocenters. The molecule has 8 heteroatoms. The summed E-state index contributed by atoms with van der Waals surface area (Å²) >= 11 is 1.53. The Morgan fingerprint density at radius 2 is 2.33 bits per heavy atom. The first kappa shape index (κ1) is 12.5. The highest BCUT2D eigenvalue weighted by Crippen LogP contribution is 2.18. The van der Waals surface area contributed by atoms with Gasteiger partial charge in [-0.2, -0.15) is 5.10 Å². The van der Waals surface area contributed by atoms with Gasteiger partial charge in [0.15, 0.2) is 5.16 Å². The lowest BCUT2D eigenvalue weighted by molar-refractivity contribution is 0.0953. The molecule has 2 aromatic rings. The van der Waals surface area contributed by atoms with Crippen LogP contribution in [0.15, 0.2) is 29.8 Å². The molecule has 0 aliphatic heterocycles. The number of nitrogens with one attached hydrogen (secondary N) is 1. The number of hydrazine groups is 1. The molecule has 0 saturated carbocycles. The molecule has 0 saturated heterocycles. The molecule has 0 aliphatic rings. The van der Waals surface area contributed by atoms with Gasteiger partial charge in [0, 0.05) is 19.0 Å². The van der Waals surface area contributed by atoms with E-state index in [2.05, 4.69) is 20.5 Å². The Hall–Kier alpha value is -1.93. The van der Waals surface area contributed by atoms with E-state index >= 15 is 0 Å². The first-order valence-corrected chi connectivity index (χ1v) is 6.12. The van der Waals surface area contributed by atoms with Crippen molar-refractivity contribution in [3.63, 3.8) is 0 Å². The maximum absolute atomic E-state index is 11.2. The van der Waals surface area contributed by atoms with E-state index in [4.69, 9.17) is 5.84 Å². The van der Waals surface area contributed by atoms with E-state index in [0.717, 1.165) is 10.9 Å². The third kappa shape index (κ3) is 2.84. The van der Waals surface area contributed by atoms with Gasteiger partial charge in [-0.3, -0.25) is 15.2 Å². The fourth-order valence-electron chi connectivity index (χ4n) is 1.28. The van der Waals surface area contributed by atoms with Crippen LogP contribution in [-0.2, 0) is 12.8 Å². The summed E-state index contributed by atoms with van der Waals surface area (Å²) in [5.41, 5.74) is 3.35. The number of aromatic nitrogens is 4. The Bertz CT molecular complexity index is 538. The van der Waals surface area contributed by atoms with Crippen LogP contribution >= 0.6 is 11.8 Å². The number of amides is 1. The summed E-state index contributed by atoms with van der Waals surface area (Å²) in [6.45, 7) is 0. The molecular formula is C10H12N6OS. The first-order valence-electron chi connectivity index (χ1n) is 5.13. The molecule has 0 aromatic carbocycles. The molecule has 18 heavy (non-hydrogen) atoms. The zero-order valence-electron chi connectivity index (χ0n) is 9.70. The topological polar surface area (TPSA) is 98.7 Å². The minimum Gasteiger partial charge on any atom is -0.290 e. The van der Waals surface area contributed by atoms with Crippen molar-refractivity contribution in [2.45, 2.75) is 10.9 Å². The lowest BCUT2D eigenvalue weighted by Gasteiger charge is -2.02. The van der Waals surface area contributed by atoms with Crippen LogP contribution in [0.25, 0.3) is 0 Å². The quantitative estimate of drug-likeness (QED) is 0.352. The molecule has 0 radical (unpaired) electrons. The number of nitrogens with two attached hydrogens (primary N) is 1. The second-order valence-corrected chi connectivity index (χ2v) is 4.41. The number of thioether (sulfide) groups is 1. The zero-order valence-corrected chi connectivity index (χ0v) is 10.5. The number of aryl methyl sites for hydroxylation is 1. The maximum atomic E-state index is 11.2. The Balaban J connectivity index is 1.98. The van der Waals surface area contributed by atoms with E-state index in [-0.39, 0.29) is 5.91 Å².